The Hall–Kier alpha value is -2.89. The number of methoxy groups -OCH3 is 3. The van der Waals surface area contributed by atoms with Crippen LogP contribution < -0.4 is 24.8 Å². The maximum atomic E-state index is 12.3. The molecular weight excluding hydrogens is 308 g/mol. The molecule has 0 saturated carbocycles. The highest BCUT2D eigenvalue weighted by Crippen LogP contribution is 2.40. The van der Waals surface area contributed by atoms with E-state index >= 15 is 0 Å². The second-order valence-corrected chi connectivity index (χ2v) is 5.14. The molecule has 0 aliphatic heterocycles. The number of carbonyl (C=O) groups is 1. The van der Waals surface area contributed by atoms with Gasteiger partial charge in [0.1, 0.15) is 6.04 Å². The minimum atomic E-state index is -0.451. The molecule has 1 amide bonds. The molecule has 6 nitrogen and oxygen atoms in total. The summed E-state index contributed by atoms with van der Waals surface area (Å²) in [5.41, 5.74) is 1.45. The van der Waals surface area contributed by atoms with Crippen molar-refractivity contribution in [3.8, 4) is 17.2 Å². The van der Waals surface area contributed by atoms with E-state index < -0.39 is 6.04 Å². The number of ether oxygens (including phenoxy) is 3. The summed E-state index contributed by atoms with van der Waals surface area (Å²) in [6, 6.07) is 12.4. The fraction of sp³-hybridized carbons (Fsp3) is 0.278. The van der Waals surface area contributed by atoms with Crippen LogP contribution in [-0.2, 0) is 4.79 Å². The van der Waals surface area contributed by atoms with Crippen LogP contribution in [0.5, 0.6) is 17.2 Å². The number of benzene rings is 2. The average molecular weight is 330 g/mol. The number of para-hydroxylation sites is 1. The van der Waals surface area contributed by atoms with Crippen LogP contribution in [0.1, 0.15) is 6.92 Å². The summed E-state index contributed by atoms with van der Waals surface area (Å²) in [5, 5.41) is 5.99. The van der Waals surface area contributed by atoms with Gasteiger partial charge in [0.05, 0.1) is 21.3 Å². The van der Waals surface area contributed by atoms with E-state index in [9.17, 15) is 4.79 Å². The Morgan fingerprint density at radius 2 is 1.50 bits per heavy atom. The molecule has 0 aromatic heterocycles. The van der Waals surface area contributed by atoms with Crippen molar-refractivity contribution in [3.63, 3.8) is 0 Å². The number of amides is 1. The Morgan fingerprint density at radius 3 is 2.00 bits per heavy atom. The lowest BCUT2D eigenvalue weighted by molar-refractivity contribution is -0.116. The first-order valence-corrected chi connectivity index (χ1v) is 7.51. The molecule has 0 aliphatic rings. The van der Waals surface area contributed by atoms with Crippen molar-refractivity contribution in [2.24, 2.45) is 0 Å². The summed E-state index contributed by atoms with van der Waals surface area (Å²) in [6.45, 7) is 1.78. The van der Waals surface area contributed by atoms with Crippen LogP contribution in [0.15, 0.2) is 42.5 Å². The van der Waals surface area contributed by atoms with E-state index in [1.807, 2.05) is 30.3 Å². The number of nitrogens with one attached hydrogen (secondary N) is 2. The van der Waals surface area contributed by atoms with Crippen LogP contribution in [0, 0.1) is 0 Å². The lowest BCUT2D eigenvalue weighted by Crippen LogP contribution is -2.31. The van der Waals surface area contributed by atoms with Crippen molar-refractivity contribution < 1.29 is 19.0 Å². The molecule has 0 saturated heterocycles. The fourth-order valence-electron chi connectivity index (χ4n) is 2.25. The zero-order valence-corrected chi connectivity index (χ0v) is 14.3. The van der Waals surface area contributed by atoms with Gasteiger partial charge >= 0.3 is 0 Å². The molecule has 0 radical (unpaired) electrons. The summed E-state index contributed by atoms with van der Waals surface area (Å²) in [4.78, 5) is 12.3. The van der Waals surface area contributed by atoms with Crippen LogP contribution in [0.2, 0.25) is 0 Å². The van der Waals surface area contributed by atoms with E-state index in [4.69, 9.17) is 14.2 Å². The van der Waals surface area contributed by atoms with E-state index in [2.05, 4.69) is 10.6 Å². The first kappa shape index (κ1) is 17.5. The number of hydrogen-bond donors (Lipinski definition) is 2. The molecule has 128 valence electrons. The fourth-order valence-corrected chi connectivity index (χ4v) is 2.25. The van der Waals surface area contributed by atoms with E-state index in [-0.39, 0.29) is 5.91 Å². The van der Waals surface area contributed by atoms with Crippen molar-refractivity contribution in [1.29, 1.82) is 0 Å². The van der Waals surface area contributed by atoms with Gasteiger partial charge in [0.25, 0.3) is 0 Å². The summed E-state index contributed by atoms with van der Waals surface area (Å²) in [5.74, 6) is 1.41. The van der Waals surface area contributed by atoms with Crippen LogP contribution in [0.25, 0.3) is 0 Å². The Bertz CT molecular complexity index is 664. The molecule has 1 atom stereocenters. The highest BCUT2D eigenvalue weighted by Gasteiger charge is 2.17. The molecule has 2 N–H and O–H groups in total. The van der Waals surface area contributed by atoms with Gasteiger partial charge in [-0.3, -0.25) is 4.79 Å². The van der Waals surface area contributed by atoms with E-state index in [1.165, 1.54) is 0 Å². The summed E-state index contributed by atoms with van der Waals surface area (Å²) in [6.07, 6.45) is 0. The third kappa shape index (κ3) is 4.10. The van der Waals surface area contributed by atoms with Crippen LogP contribution >= 0.6 is 0 Å². The van der Waals surface area contributed by atoms with Gasteiger partial charge in [-0.15, -0.1) is 0 Å². The molecule has 6 heteroatoms. The van der Waals surface area contributed by atoms with Crippen LogP contribution in [0.3, 0.4) is 0 Å². The second kappa shape index (κ2) is 8.10. The topological polar surface area (TPSA) is 68.8 Å². The lowest BCUT2D eigenvalue weighted by Gasteiger charge is -2.18. The predicted octanol–water partition coefficient (Wildman–Crippen LogP) is 3.15. The van der Waals surface area contributed by atoms with Crippen molar-refractivity contribution >= 4 is 17.3 Å². The van der Waals surface area contributed by atoms with Crippen LogP contribution in [0.4, 0.5) is 11.4 Å². The summed E-state index contributed by atoms with van der Waals surface area (Å²) >= 11 is 0. The van der Waals surface area contributed by atoms with Crippen molar-refractivity contribution in [1.82, 2.24) is 0 Å². The largest absolute Gasteiger partial charge is 0.493 e. The molecule has 2 aromatic carbocycles. The monoisotopic (exact) mass is 330 g/mol. The van der Waals surface area contributed by atoms with Gasteiger partial charge in [-0.05, 0) is 19.1 Å². The Balaban J connectivity index is 2.13. The third-order valence-corrected chi connectivity index (χ3v) is 3.48. The molecular formula is C18H22N2O4. The van der Waals surface area contributed by atoms with Gasteiger partial charge in [-0.25, -0.2) is 0 Å². The van der Waals surface area contributed by atoms with E-state index in [0.29, 0.717) is 22.9 Å². The number of carbonyl (C=O) groups excluding carboxylic acids is 1. The van der Waals surface area contributed by atoms with Gasteiger partial charge in [0, 0.05) is 23.5 Å². The molecule has 24 heavy (non-hydrogen) atoms. The van der Waals surface area contributed by atoms with Gasteiger partial charge in [-0.2, -0.15) is 0 Å². The van der Waals surface area contributed by atoms with E-state index in [0.717, 1.165) is 5.69 Å². The maximum absolute atomic E-state index is 12.3. The Kier molecular flexibility index (Phi) is 5.89. The smallest absolute Gasteiger partial charge is 0.246 e. The molecule has 0 bridgehead atoms. The minimum absolute atomic E-state index is 0.144. The standard InChI is InChI=1S/C18H22N2O4/c1-12(18(21)20-13-8-6-5-7-9-13)19-14-10-15(22-2)17(24-4)16(11-14)23-3/h5-12,19H,1-4H3,(H,20,21)/t12-/m1/s1. The highest BCUT2D eigenvalue weighted by molar-refractivity contribution is 5.96. The predicted molar refractivity (Wildman–Crippen MR) is 94.3 cm³/mol. The van der Waals surface area contributed by atoms with Crippen molar-refractivity contribution in [3.05, 3.63) is 42.5 Å². The molecule has 0 heterocycles. The number of anilines is 2. The summed E-state index contributed by atoms with van der Waals surface area (Å²) in [7, 11) is 4.64. The number of hydrogen-bond acceptors (Lipinski definition) is 5. The quantitative estimate of drug-likeness (QED) is 0.816. The molecule has 0 unspecified atom stereocenters. The SMILES string of the molecule is COc1cc(N[C@H](C)C(=O)Nc2ccccc2)cc(OC)c1OC. The van der Waals surface area contributed by atoms with Gasteiger partial charge in [-0.1, -0.05) is 18.2 Å². The van der Waals surface area contributed by atoms with Gasteiger partial charge < -0.3 is 24.8 Å². The van der Waals surface area contributed by atoms with Gasteiger partial charge in [0.2, 0.25) is 11.7 Å². The lowest BCUT2D eigenvalue weighted by atomic mass is 10.2. The summed E-state index contributed by atoms with van der Waals surface area (Å²) < 4.78 is 15.9. The molecule has 2 rings (SSSR count). The first-order chi connectivity index (χ1) is 11.6. The normalized spacial score (nSPS) is 11.3. The van der Waals surface area contributed by atoms with E-state index in [1.54, 1.807) is 40.4 Å². The highest BCUT2D eigenvalue weighted by atomic mass is 16.5. The van der Waals surface area contributed by atoms with Gasteiger partial charge in [0.15, 0.2) is 11.5 Å². The zero-order chi connectivity index (χ0) is 17.5. The molecule has 2 aromatic rings. The van der Waals surface area contributed by atoms with Crippen molar-refractivity contribution in [2.45, 2.75) is 13.0 Å². The number of rotatable bonds is 7. The average Bonchev–Trinajstić information content (AvgIpc) is 2.61. The zero-order valence-electron chi connectivity index (χ0n) is 14.3. The minimum Gasteiger partial charge on any atom is -0.493 e. The maximum Gasteiger partial charge on any atom is 0.246 e. The molecule has 0 aliphatic carbocycles. The Labute approximate surface area is 141 Å². The molecule has 0 spiro atoms. The van der Waals surface area contributed by atoms with Crippen LogP contribution in [-0.4, -0.2) is 33.3 Å². The third-order valence-electron chi connectivity index (χ3n) is 3.48. The second-order valence-electron chi connectivity index (χ2n) is 5.14. The molecule has 0 fully saturated rings. The Morgan fingerprint density at radius 1 is 0.917 bits per heavy atom. The van der Waals surface area contributed by atoms with Crippen molar-refractivity contribution in [2.75, 3.05) is 32.0 Å². The first-order valence-electron chi connectivity index (χ1n) is 7.51.